The number of rotatable bonds is 5. The predicted octanol–water partition coefficient (Wildman–Crippen LogP) is 2.99. The Morgan fingerprint density at radius 3 is 1.54 bits per heavy atom. The number of carbonyl (C=O) groups excluding carboxylic acids is 2. The van der Waals surface area contributed by atoms with Crippen LogP contribution in [0.1, 0.15) is 33.6 Å². The number of fused-ring (bicyclic) bond motifs is 2. The molecule has 0 radical (unpaired) electrons. The third-order valence-electron chi connectivity index (χ3n) is 3.97. The van der Waals surface area contributed by atoms with Gasteiger partial charge in [-0.1, -0.05) is 0 Å². The first-order valence-corrected chi connectivity index (χ1v) is 7.56. The number of Topliss-reactive ketones (excluding diaryl/α,β-unsaturated/α-hetero) is 2. The molecule has 0 aliphatic carbocycles. The standard InChI is InChI=1S/C18H14O6/c19-13(11-1-5-15-17(7-11)23-9-21-15)3-4-14(20)12-2-6-16-18(8-12)24-10-22-16/h1-2,5-8H,3-4,9-10H2. The monoisotopic (exact) mass is 326 g/mol. The molecule has 2 aliphatic heterocycles. The fourth-order valence-corrected chi connectivity index (χ4v) is 2.66. The van der Waals surface area contributed by atoms with Crippen molar-refractivity contribution in [3.8, 4) is 23.0 Å². The molecular weight excluding hydrogens is 312 g/mol. The van der Waals surface area contributed by atoms with Gasteiger partial charge in [-0.15, -0.1) is 0 Å². The highest BCUT2D eigenvalue weighted by Crippen LogP contribution is 2.34. The maximum absolute atomic E-state index is 12.3. The molecule has 24 heavy (non-hydrogen) atoms. The van der Waals surface area contributed by atoms with E-state index in [0.717, 1.165) is 0 Å². The summed E-state index contributed by atoms with van der Waals surface area (Å²) in [7, 11) is 0. The molecule has 2 heterocycles. The van der Waals surface area contributed by atoms with E-state index in [1.807, 2.05) is 0 Å². The molecule has 0 unspecified atom stereocenters. The molecule has 0 atom stereocenters. The van der Waals surface area contributed by atoms with Crippen molar-refractivity contribution in [2.45, 2.75) is 12.8 Å². The molecule has 6 nitrogen and oxygen atoms in total. The Hall–Kier alpha value is -3.02. The molecule has 2 aromatic rings. The average molecular weight is 326 g/mol. The number of hydrogen-bond acceptors (Lipinski definition) is 6. The molecule has 122 valence electrons. The first-order chi connectivity index (χ1) is 11.7. The van der Waals surface area contributed by atoms with Crippen LogP contribution in [0.25, 0.3) is 0 Å². The van der Waals surface area contributed by atoms with Crippen molar-refractivity contribution in [1.29, 1.82) is 0 Å². The summed E-state index contributed by atoms with van der Waals surface area (Å²) in [6.45, 7) is 0.325. The third kappa shape index (κ3) is 2.67. The van der Waals surface area contributed by atoms with Crippen molar-refractivity contribution in [2.75, 3.05) is 13.6 Å². The summed E-state index contributed by atoms with van der Waals surface area (Å²) in [5, 5.41) is 0. The minimum atomic E-state index is -0.109. The van der Waals surface area contributed by atoms with E-state index in [0.29, 0.717) is 34.1 Å². The smallest absolute Gasteiger partial charge is 0.231 e. The van der Waals surface area contributed by atoms with Crippen LogP contribution in [-0.2, 0) is 0 Å². The van der Waals surface area contributed by atoms with Gasteiger partial charge in [-0.3, -0.25) is 9.59 Å². The second-order valence-corrected chi connectivity index (χ2v) is 5.48. The van der Waals surface area contributed by atoms with Gasteiger partial charge in [0.1, 0.15) is 0 Å². The van der Waals surface area contributed by atoms with E-state index in [1.54, 1.807) is 36.4 Å². The molecule has 0 fully saturated rings. The van der Waals surface area contributed by atoms with E-state index in [2.05, 4.69) is 0 Å². The largest absolute Gasteiger partial charge is 0.454 e. The van der Waals surface area contributed by atoms with E-state index in [1.165, 1.54) is 0 Å². The number of carbonyl (C=O) groups is 2. The quantitative estimate of drug-likeness (QED) is 0.787. The summed E-state index contributed by atoms with van der Waals surface area (Å²) < 4.78 is 21.0. The van der Waals surface area contributed by atoms with E-state index in [-0.39, 0.29) is 38.0 Å². The van der Waals surface area contributed by atoms with Gasteiger partial charge in [0.2, 0.25) is 13.6 Å². The number of hydrogen-bond donors (Lipinski definition) is 0. The Labute approximate surface area is 137 Å². The number of ether oxygens (including phenoxy) is 4. The Bertz CT molecular complexity index is 757. The van der Waals surface area contributed by atoms with E-state index in [9.17, 15) is 9.59 Å². The van der Waals surface area contributed by atoms with Gasteiger partial charge in [0.05, 0.1) is 0 Å². The van der Waals surface area contributed by atoms with Crippen molar-refractivity contribution in [1.82, 2.24) is 0 Å². The predicted molar refractivity (Wildman–Crippen MR) is 83.0 cm³/mol. The van der Waals surface area contributed by atoms with Crippen LogP contribution < -0.4 is 18.9 Å². The zero-order valence-electron chi connectivity index (χ0n) is 12.7. The maximum Gasteiger partial charge on any atom is 0.231 e. The summed E-state index contributed by atoms with van der Waals surface area (Å²) in [5.74, 6) is 2.15. The lowest BCUT2D eigenvalue weighted by Crippen LogP contribution is -2.05. The highest BCUT2D eigenvalue weighted by molar-refractivity contribution is 6.02. The Kier molecular flexibility index (Phi) is 3.57. The first kappa shape index (κ1) is 14.6. The van der Waals surface area contributed by atoms with Crippen LogP contribution in [0.2, 0.25) is 0 Å². The summed E-state index contributed by atoms with van der Waals surface area (Å²) in [4.78, 5) is 24.5. The lowest BCUT2D eigenvalue weighted by atomic mass is 10.0. The topological polar surface area (TPSA) is 71.1 Å². The minimum absolute atomic E-state index is 0.109. The van der Waals surface area contributed by atoms with Gasteiger partial charge in [-0.2, -0.15) is 0 Å². The van der Waals surface area contributed by atoms with Crippen LogP contribution in [-0.4, -0.2) is 25.2 Å². The summed E-state index contributed by atoms with van der Waals surface area (Å²) in [5.41, 5.74) is 1.02. The van der Waals surface area contributed by atoms with Gasteiger partial charge < -0.3 is 18.9 Å². The second-order valence-electron chi connectivity index (χ2n) is 5.48. The van der Waals surface area contributed by atoms with Crippen molar-refractivity contribution >= 4 is 11.6 Å². The molecule has 2 aliphatic rings. The first-order valence-electron chi connectivity index (χ1n) is 7.56. The number of ketones is 2. The molecule has 2 aromatic carbocycles. The van der Waals surface area contributed by atoms with Crippen LogP contribution in [0.15, 0.2) is 36.4 Å². The van der Waals surface area contributed by atoms with Gasteiger partial charge >= 0.3 is 0 Å². The average Bonchev–Trinajstić information content (AvgIpc) is 3.26. The zero-order valence-corrected chi connectivity index (χ0v) is 12.7. The van der Waals surface area contributed by atoms with Crippen LogP contribution in [0.4, 0.5) is 0 Å². The van der Waals surface area contributed by atoms with Crippen LogP contribution in [0, 0.1) is 0 Å². The molecule has 4 rings (SSSR count). The van der Waals surface area contributed by atoms with E-state index < -0.39 is 0 Å². The van der Waals surface area contributed by atoms with Gasteiger partial charge in [0.25, 0.3) is 0 Å². The zero-order chi connectivity index (χ0) is 16.5. The van der Waals surface area contributed by atoms with Crippen LogP contribution >= 0.6 is 0 Å². The molecular formula is C18H14O6. The molecule has 6 heteroatoms. The lowest BCUT2D eigenvalue weighted by molar-refractivity contribution is 0.0917. The van der Waals surface area contributed by atoms with Gasteiger partial charge in [0, 0.05) is 24.0 Å². The van der Waals surface area contributed by atoms with Crippen molar-refractivity contribution in [3.63, 3.8) is 0 Å². The second kappa shape index (κ2) is 5.88. The molecule has 0 aromatic heterocycles. The van der Waals surface area contributed by atoms with Crippen molar-refractivity contribution < 1.29 is 28.5 Å². The van der Waals surface area contributed by atoms with Gasteiger partial charge in [-0.25, -0.2) is 0 Å². The highest BCUT2D eigenvalue weighted by Gasteiger charge is 2.19. The Morgan fingerprint density at radius 1 is 0.667 bits per heavy atom. The van der Waals surface area contributed by atoms with Crippen molar-refractivity contribution in [3.05, 3.63) is 47.5 Å². The maximum atomic E-state index is 12.3. The SMILES string of the molecule is O=C(CCC(=O)c1ccc2c(c1)OCO2)c1ccc2c(c1)OCO2. The minimum Gasteiger partial charge on any atom is -0.454 e. The Balaban J connectivity index is 1.41. The third-order valence-corrected chi connectivity index (χ3v) is 3.97. The fraction of sp³-hybridized carbons (Fsp3) is 0.222. The molecule has 0 saturated heterocycles. The molecule has 0 saturated carbocycles. The lowest BCUT2D eigenvalue weighted by Gasteiger charge is -2.04. The van der Waals surface area contributed by atoms with Crippen molar-refractivity contribution in [2.24, 2.45) is 0 Å². The Morgan fingerprint density at radius 2 is 1.08 bits per heavy atom. The van der Waals surface area contributed by atoms with E-state index >= 15 is 0 Å². The molecule has 0 spiro atoms. The highest BCUT2D eigenvalue weighted by atomic mass is 16.7. The van der Waals surface area contributed by atoms with Crippen LogP contribution in [0.3, 0.4) is 0 Å². The molecule has 0 amide bonds. The van der Waals surface area contributed by atoms with Gasteiger partial charge in [0.15, 0.2) is 34.6 Å². The van der Waals surface area contributed by atoms with Gasteiger partial charge in [-0.05, 0) is 36.4 Å². The normalized spacial score (nSPS) is 13.8. The van der Waals surface area contributed by atoms with Crippen LogP contribution in [0.5, 0.6) is 23.0 Å². The summed E-state index contributed by atoms with van der Waals surface area (Å²) >= 11 is 0. The summed E-state index contributed by atoms with van der Waals surface area (Å²) in [6.07, 6.45) is 0.264. The molecule has 0 N–H and O–H groups in total. The van der Waals surface area contributed by atoms with E-state index in [4.69, 9.17) is 18.9 Å². The molecule has 0 bridgehead atoms. The number of benzene rings is 2. The fourth-order valence-electron chi connectivity index (χ4n) is 2.66. The summed E-state index contributed by atoms with van der Waals surface area (Å²) in [6, 6.07) is 10.1.